The fourth-order valence-corrected chi connectivity index (χ4v) is 8.30. The third-order valence-corrected chi connectivity index (χ3v) is 12.0. The summed E-state index contributed by atoms with van der Waals surface area (Å²) in [6.07, 6.45) is 67.8. The normalized spacial score (nSPS) is 11.6. The van der Waals surface area contributed by atoms with Gasteiger partial charge in [-0.1, -0.05) is 302 Å². The van der Waals surface area contributed by atoms with Crippen LogP contribution in [0.5, 0.6) is 0 Å². The standard InChI is InChI=1S/C50H100O2/c1-2-3-4-5-6-7-8-9-10-11-12-13-14-15-16-17-18-19-20-21-22-23-24-25-26-27-28-29-30-31-32-33-34-35-36-37-38-39-40-41-42-43-44-45-46-47-48-49-50(51)52/h2-49H2,1H3,(H,51,52). The predicted molar refractivity (Wildman–Crippen MR) is 235 cm³/mol. The molecule has 0 aromatic rings. The molecule has 0 aromatic heterocycles. The second-order valence-corrected chi connectivity index (χ2v) is 17.4. The zero-order chi connectivity index (χ0) is 37.5. The molecule has 2 nitrogen and oxygen atoms in total. The van der Waals surface area contributed by atoms with Crippen LogP contribution >= 0.6 is 0 Å². The first-order valence-electron chi connectivity index (χ1n) is 25.0. The molecule has 1 N–H and O–H groups in total. The van der Waals surface area contributed by atoms with Crippen LogP contribution in [0, 0.1) is 0 Å². The summed E-state index contributed by atoms with van der Waals surface area (Å²) in [6.45, 7) is 2.31. The largest absolute Gasteiger partial charge is 0.481 e. The lowest BCUT2D eigenvalue weighted by atomic mass is 10.0. The maximum Gasteiger partial charge on any atom is 0.303 e. The zero-order valence-electron chi connectivity index (χ0n) is 36.3. The monoisotopic (exact) mass is 733 g/mol. The third-order valence-electron chi connectivity index (χ3n) is 12.0. The van der Waals surface area contributed by atoms with Crippen molar-refractivity contribution < 1.29 is 9.90 Å². The van der Waals surface area contributed by atoms with Crippen LogP contribution < -0.4 is 0 Å². The molecule has 0 amide bonds. The summed E-state index contributed by atoms with van der Waals surface area (Å²) in [6, 6.07) is 0. The smallest absolute Gasteiger partial charge is 0.303 e. The number of rotatable bonds is 48. The van der Waals surface area contributed by atoms with Crippen molar-refractivity contribution in [2.45, 2.75) is 315 Å². The Kier molecular flexibility index (Phi) is 48.0. The van der Waals surface area contributed by atoms with E-state index in [1.807, 2.05) is 0 Å². The summed E-state index contributed by atoms with van der Waals surface area (Å²) in [7, 11) is 0. The van der Waals surface area contributed by atoms with Crippen molar-refractivity contribution in [3.63, 3.8) is 0 Å². The Morgan fingerprint density at radius 1 is 0.231 bits per heavy atom. The van der Waals surface area contributed by atoms with Gasteiger partial charge in [-0.15, -0.1) is 0 Å². The summed E-state index contributed by atoms with van der Waals surface area (Å²) in [5.41, 5.74) is 0. The van der Waals surface area contributed by atoms with Crippen LogP contribution in [0.25, 0.3) is 0 Å². The van der Waals surface area contributed by atoms with Crippen molar-refractivity contribution in [2.75, 3.05) is 0 Å². The Morgan fingerprint density at radius 2 is 0.346 bits per heavy atom. The van der Waals surface area contributed by atoms with E-state index in [4.69, 9.17) is 5.11 Å². The molecule has 0 spiro atoms. The molecule has 0 aliphatic carbocycles. The number of unbranched alkanes of at least 4 members (excludes halogenated alkanes) is 46. The number of carboxylic acids is 1. The molecule has 0 aliphatic heterocycles. The number of carboxylic acid groups (broad SMARTS) is 1. The van der Waals surface area contributed by atoms with E-state index in [1.54, 1.807) is 0 Å². The minimum absolute atomic E-state index is 0.347. The fourth-order valence-electron chi connectivity index (χ4n) is 8.30. The Hall–Kier alpha value is -0.530. The number of hydrogen-bond donors (Lipinski definition) is 1. The first-order valence-corrected chi connectivity index (χ1v) is 25.0. The van der Waals surface area contributed by atoms with Crippen LogP contribution in [-0.4, -0.2) is 11.1 Å². The molecular formula is C50H100O2. The highest BCUT2D eigenvalue weighted by Gasteiger charge is 1.99. The highest BCUT2D eigenvalue weighted by atomic mass is 16.4. The van der Waals surface area contributed by atoms with Gasteiger partial charge >= 0.3 is 5.97 Å². The van der Waals surface area contributed by atoms with E-state index in [-0.39, 0.29) is 0 Å². The minimum Gasteiger partial charge on any atom is -0.481 e. The van der Waals surface area contributed by atoms with Crippen LogP contribution in [0.4, 0.5) is 0 Å². The lowest BCUT2D eigenvalue weighted by molar-refractivity contribution is -0.137. The summed E-state index contributed by atoms with van der Waals surface area (Å²) >= 11 is 0. The Morgan fingerprint density at radius 3 is 0.462 bits per heavy atom. The van der Waals surface area contributed by atoms with E-state index in [0.717, 1.165) is 12.8 Å². The van der Waals surface area contributed by atoms with Crippen molar-refractivity contribution in [2.24, 2.45) is 0 Å². The van der Waals surface area contributed by atoms with E-state index in [9.17, 15) is 4.79 Å². The van der Waals surface area contributed by atoms with Crippen LogP contribution in [0.3, 0.4) is 0 Å². The van der Waals surface area contributed by atoms with Crippen molar-refractivity contribution in [3.05, 3.63) is 0 Å². The van der Waals surface area contributed by atoms with Gasteiger partial charge in [0.1, 0.15) is 0 Å². The molecule has 0 saturated carbocycles. The lowest BCUT2D eigenvalue weighted by Crippen LogP contribution is -1.93. The van der Waals surface area contributed by atoms with E-state index >= 15 is 0 Å². The molecule has 0 aliphatic rings. The summed E-state index contributed by atoms with van der Waals surface area (Å²) < 4.78 is 0. The topological polar surface area (TPSA) is 37.3 Å². The average Bonchev–Trinajstić information content (AvgIpc) is 3.14. The molecule has 312 valence electrons. The average molecular weight is 733 g/mol. The molecule has 0 unspecified atom stereocenters. The molecule has 0 heterocycles. The summed E-state index contributed by atoms with van der Waals surface area (Å²) in [5.74, 6) is -0.646. The van der Waals surface area contributed by atoms with Gasteiger partial charge in [-0.3, -0.25) is 4.79 Å². The van der Waals surface area contributed by atoms with Gasteiger partial charge in [-0.2, -0.15) is 0 Å². The lowest BCUT2D eigenvalue weighted by Gasteiger charge is -2.05. The van der Waals surface area contributed by atoms with Gasteiger partial charge in [0, 0.05) is 6.42 Å². The molecule has 52 heavy (non-hydrogen) atoms. The number of carbonyl (C=O) groups is 1. The maximum atomic E-state index is 10.5. The van der Waals surface area contributed by atoms with Crippen LogP contribution in [0.2, 0.25) is 0 Å². The van der Waals surface area contributed by atoms with Crippen molar-refractivity contribution in [3.8, 4) is 0 Å². The van der Waals surface area contributed by atoms with E-state index in [2.05, 4.69) is 6.92 Å². The predicted octanol–water partition coefficient (Wildman–Crippen LogP) is 18.8. The molecule has 0 rings (SSSR count). The van der Waals surface area contributed by atoms with Gasteiger partial charge in [0.2, 0.25) is 0 Å². The van der Waals surface area contributed by atoms with Gasteiger partial charge in [0.25, 0.3) is 0 Å². The molecule has 0 atom stereocenters. The van der Waals surface area contributed by atoms with Crippen LogP contribution in [0.15, 0.2) is 0 Å². The molecular weight excluding hydrogens is 633 g/mol. The van der Waals surface area contributed by atoms with Gasteiger partial charge in [-0.25, -0.2) is 0 Å². The maximum absolute atomic E-state index is 10.5. The molecule has 0 aromatic carbocycles. The summed E-state index contributed by atoms with van der Waals surface area (Å²) in [4.78, 5) is 10.5. The van der Waals surface area contributed by atoms with Crippen LogP contribution in [-0.2, 0) is 4.79 Å². The van der Waals surface area contributed by atoms with Crippen molar-refractivity contribution >= 4 is 5.97 Å². The second-order valence-electron chi connectivity index (χ2n) is 17.4. The molecule has 0 radical (unpaired) electrons. The van der Waals surface area contributed by atoms with E-state index < -0.39 is 5.97 Å². The Balaban J connectivity index is 3.05. The van der Waals surface area contributed by atoms with Gasteiger partial charge in [0.15, 0.2) is 0 Å². The highest BCUT2D eigenvalue weighted by molar-refractivity contribution is 5.66. The van der Waals surface area contributed by atoms with Crippen molar-refractivity contribution in [1.82, 2.24) is 0 Å². The second kappa shape index (κ2) is 48.5. The van der Waals surface area contributed by atoms with Crippen molar-refractivity contribution in [1.29, 1.82) is 0 Å². The molecule has 0 saturated heterocycles. The fraction of sp³-hybridized carbons (Fsp3) is 0.980. The minimum atomic E-state index is -0.646. The van der Waals surface area contributed by atoms with Gasteiger partial charge in [-0.05, 0) is 6.42 Å². The van der Waals surface area contributed by atoms with E-state index in [0.29, 0.717) is 6.42 Å². The first kappa shape index (κ1) is 51.5. The highest BCUT2D eigenvalue weighted by Crippen LogP contribution is 2.18. The van der Waals surface area contributed by atoms with Gasteiger partial charge in [0.05, 0.1) is 0 Å². The zero-order valence-corrected chi connectivity index (χ0v) is 36.3. The number of hydrogen-bond acceptors (Lipinski definition) is 1. The Bertz CT molecular complexity index is 630. The quantitative estimate of drug-likeness (QED) is 0.0633. The van der Waals surface area contributed by atoms with Crippen LogP contribution in [0.1, 0.15) is 315 Å². The third kappa shape index (κ3) is 49.5. The van der Waals surface area contributed by atoms with Gasteiger partial charge < -0.3 is 5.11 Å². The summed E-state index contributed by atoms with van der Waals surface area (Å²) in [5, 5.41) is 8.66. The van der Waals surface area contributed by atoms with E-state index in [1.165, 1.54) is 289 Å². The molecule has 2 heteroatoms. The molecule has 0 fully saturated rings. The SMILES string of the molecule is CCCCCCCCCCCCCCCCCCCCCCCCCCCCCCCCCCCCCCCCCCCCCCCCCC(=O)O. The Labute approximate surface area is 330 Å². The first-order chi connectivity index (χ1) is 25.8. The molecule has 0 bridgehead atoms. The number of aliphatic carboxylic acids is 1.